The summed E-state index contributed by atoms with van der Waals surface area (Å²) in [5.41, 5.74) is 5.83. The number of amides is 1. The van der Waals surface area contributed by atoms with Gasteiger partial charge in [0.15, 0.2) is 0 Å². The number of rotatable bonds is 5. The van der Waals surface area contributed by atoms with Crippen LogP contribution < -0.4 is 10.5 Å². The number of halogens is 2. The highest BCUT2D eigenvalue weighted by Gasteiger charge is 2.07. The second-order valence-electron chi connectivity index (χ2n) is 4.60. The SMILES string of the molecule is N#C/C(=C\c1ccc(OCc2ccccc2F)c(Cl)c1)C(N)=O. The van der Waals surface area contributed by atoms with E-state index in [9.17, 15) is 9.18 Å². The van der Waals surface area contributed by atoms with E-state index >= 15 is 0 Å². The number of carbonyl (C=O) groups excluding carboxylic acids is 1. The maximum atomic E-state index is 13.5. The molecule has 6 heteroatoms. The summed E-state index contributed by atoms with van der Waals surface area (Å²) >= 11 is 6.09. The van der Waals surface area contributed by atoms with Crippen molar-refractivity contribution in [1.29, 1.82) is 5.26 Å². The quantitative estimate of drug-likeness (QED) is 0.674. The molecule has 0 unspecified atom stereocenters. The number of nitriles is 1. The Balaban J connectivity index is 2.16. The molecule has 116 valence electrons. The van der Waals surface area contributed by atoms with E-state index in [1.165, 1.54) is 18.2 Å². The van der Waals surface area contributed by atoms with Gasteiger partial charge in [0.05, 0.1) is 5.02 Å². The zero-order valence-electron chi connectivity index (χ0n) is 11.9. The van der Waals surface area contributed by atoms with E-state index in [-0.39, 0.29) is 23.0 Å². The summed E-state index contributed by atoms with van der Waals surface area (Å²) in [6, 6.07) is 12.7. The molecule has 2 aromatic rings. The highest BCUT2D eigenvalue weighted by atomic mass is 35.5. The van der Waals surface area contributed by atoms with Crippen LogP contribution in [0.5, 0.6) is 5.75 Å². The maximum absolute atomic E-state index is 13.5. The molecular formula is C17H12ClFN2O2. The van der Waals surface area contributed by atoms with Crippen molar-refractivity contribution in [1.82, 2.24) is 0 Å². The lowest BCUT2D eigenvalue weighted by molar-refractivity contribution is -0.114. The van der Waals surface area contributed by atoms with Crippen molar-refractivity contribution in [3.63, 3.8) is 0 Å². The van der Waals surface area contributed by atoms with Crippen LogP contribution >= 0.6 is 11.6 Å². The lowest BCUT2D eigenvalue weighted by atomic mass is 10.1. The molecule has 23 heavy (non-hydrogen) atoms. The summed E-state index contributed by atoms with van der Waals surface area (Å²) in [5.74, 6) is -0.809. The van der Waals surface area contributed by atoms with Gasteiger partial charge in [-0.3, -0.25) is 4.79 Å². The Morgan fingerprint density at radius 1 is 1.35 bits per heavy atom. The van der Waals surface area contributed by atoms with Gasteiger partial charge in [-0.15, -0.1) is 0 Å². The van der Waals surface area contributed by atoms with Gasteiger partial charge in [-0.1, -0.05) is 35.9 Å². The smallest absolute Gasteiger partial charge is 0.259 e. The van der Waals surface area contributed by atoms with Crippen LogP contribution in [0.4, 0.5) is 4.39 Å². The standard InChI is InChI=1S/C17H12ClFN2O2/c18-14-8-11(7-13(9-20)17(21)22)5-6-16(14)23-10-12-3-1-2-4-15(12)19/h1-8H,10H2,(H2,21,22)/b13-7+. The van der Waals surface area contributed by atoms with Crippen LogP contribution in [-0.4, -0.2) is 5.91 Å². The third kappa shape index (κ3) is 4.31. The van der Waals surface area contributed by atoms with E-state index in [4.69, 9.17) is 27.3 Å². The van der Waals surface area contributed by atoms with Crippen molar-refractivity contribution in [2.45, 2.75) is 6.61 Å². The van der Waals surface area contributed by atoms with Crippen LogP contribution in [0.3, 0.4) is 0 Å². The monoisotopic (exact) mass is 330 g/mol. The summed E-state index contributed by atoms with van der Waals surface area (Å²) in [6.07, 6.45) is 1.33. The summed E-state index contributed by atoms with van der Waals surface area (Å²) in [6.45, 7) is 0.0340. The molecule has 4 nitrogen and oxygen atoms in total. The highest BCUT2D eigenvalue weighted by Crippen LogP contribution is 2.27. The topological polar surface area (TPSA) is 76.1 Å². The number of nitrogens with two attached hydrogens (primary N) is 1. The van der Waals surface area contributed by atoms with Crippen molar-refractivity contribution in [2.75, 3.05) is 0 Å². The van der Waals surface area contributed by atoms with Gasteiger partial charge in [-0.2, -0.15) is 5.26 Å². The zero-order chi connectivity index (χ0) is 16.8. The number of hydrogen-bond acceptors (Lipinski definition) is 3. The van der Waals surface area contributed by atoms with Crippen molar-refractivity contribution in [3.8, 4) is 11.8 Å². The summed E-state index contributed by atoms with van der Waals surface area (Å²) in [5, 5.41) is 9.08. The predicted octanol–water partition coefficient (Wildman–Crippen LogP) is 3.45. The average Bonchev–Trinajstić information content (AvgIpc) is 2.53. The van der Waals surface area contributed by atoms with E-state index in [2.05, 4.69) is 0 Å². The highest BCUT2D eigenvalue weighted by molar-refractivity contribution is 6.32. The second-order valence-corrected chi connectivity index (χ2v) is 5.01. The molecule has 0 saturated carbocycles. The van der Waals surface area contributed by atoms with Crippen LogP contribution in [0.2, 0.25) is 5.02 Å². The van der Waals surface area contributed by atoms with Crippen LogP contribution in [0.1, 0.15) is 11.1 Å². The minimum Gasteiger partial charge on any atom is -0.487 e. The van der Waals surface area contributed by atoms with E-state index in [1.807, 2.05) is 0 Å². The Bertz CT molecular complexity index is 812. The van der Waals surface area contributed by atoms with Gasteiger partial charge in [-0.25, -0.2) is 4.39 Å². The van der Waals surface area contributed by atoms with Crippen LogP contribution in [0, 0.1) is 17.1 Å². The predicted molar refractivity (Wildman–Crippen MR) is 85.0 cm³/mol. The van der Waals surface area contributed by atoms with E-state index in [1.54, 1.807) is 36.4 Å². The minimum atomic E-state index is -0.816. The molecule has 0 fully saturated rings. The molecule has 0 aromatic heterocycles. The first-order valence-electron chi connectivity index (χ1n) is 6.58. The molecule has 2 N–H and O–H groups in total. The normalized spacial score (nSPS) is 10.9. The summed E-state index contributed by atoms with van der Waals surface area (Å²) in [4.78, 5) is 11.0. The molecule has 0 atom stereocenters. The van der Waals surface area contributed by atoms with Crippen LogP contribution in [0.25, 0.3) is 6.08 Å². The molecule has 0 saturated heterocycles. The fourth-order valence-electron chi connectivity index (χ4n) is 1.82. The fourth-order valence-corrected chi connectivity index (χ4v) is 2.06. The van der Waals surface area contributed by atoms with Gasteiger partial charge in [-0.05, 0) is 29.8 Å². The van der Waals surface area contributed by atoms with E-state index in [0.29, 0.717) is 16.9 Å². The first kappa shape index (κ1) is 16.5. The Labute approximate surface area is 137 Å². The number of benzene rings is 2. The third-order valence-electron chi connectivity index (χ3n) is 2.99. The fraction of sp³-hybridized carbons (Fsp3) is 0.0588. The van der Waals surface area contributed by atoms with Gasteiger partial charge in [0.1, 0.15) is 29.8 Å². The molecule has 0 radical (unpaired) electrons. The Hall–Kier alpha value is -2.84. The zero-order valence-corrected chi connectivity index (χ0v) is 12.7. The molecule has 0 aliphatic carbocycles. The molecule has 0 heterocycles. The Morgan fingerprint density at radius 3 is 2.70 bits per heavy atom. The van der Waals surface area contributed by atoms with Crippen molar-refractivity contribution < 1.29 is 13.9 Å². The Kier molecular flexibility index (Phi) is 5.34. The summed E-state index contributed by atoms with van der Waals surface area (Å²) < 4.78 is 19.0. The Morgan fingerprint density at radius 2 is 2.09 bits per heavy atom. The minimum absolute atomic E-state index is 0.0340. The summed E-state index contributed by atoms with van der Waals surface area (Å²) in [7, 11) is 0. The molecule has 0 aliphatic heterocycles. The number of hydrogen-bond donors (Lipinski definition) is 1. The molecule has 0 aliphatic rings. The average molecular weight is 331 g/mol. The molecule has 0 bridgehead atoms. The van der Waals surface area contributed by atoms with Crippen LogP contribution in [0.15, 0.2) is 48.0 Å². The van der Waals surface area contributed by atoms with Gasteiger partial charge >= 0.3 is 0 Å². The van der Waals surface area contributed by atoms with Crippen LogP contribution in [-0.2, 0) is 11.4 Å². The van der Waals surface area contributed by atoms with Crippen molar-refractivity contribution in [3.05, 3.63) is 70.0 Å². The van der Waals surface area contributed by atoms with Gasteiger partial charge in [0.2, 0.25) is 0 Å². The molecule has 1 amide bonds. The number of ether oxygens (including phenoxy) is 1. The molecular weight excluding hydrogens is 319 g/mol. The first-order valence-corrected chi connectivity index (χ1v) is 6.96. The third-order valence-corrected chi connectivity index (χ3v) is 3.29. The largest absolute Gasteiger partial charge is 0.487 e. The maximum Gasteiger partial charge on any atom is 0.259 e. The van der Waals surface area contributed by atoms with Crippen molar-refractivity contribution in [2.24, 2.45) is 5.73 Å². The van der Waals surface area contributed by atoms with Crippen molar-refractivity contribution >= 4 is 23.6 Å². The second kappa shape index (κ2) is 7.43. The van der Waals surface area contributed by atoms with E-state index in [0.717, 1.165) is 0 Å². The van der Waals surface area contributed by atoms with Gasteiger partial charge in [0, 0.05) is 5.56 Å². The molecule has 2 rings (SSSR count). The lowest BCUT2D eigenvalue weighted by Crippen LogP contribution is -2.12. The number of carbonyl (C=O) groups is 1. The first-order chi connectivity index (χ1) is 11.0. The van der Waals surface area contributed by atoms with Gasteiger partial charge in [0.25, 0.3) is 5.91 Å². The number of nitrogens with zero attached hydrogens (tertiary/aromatic N) is 1. The molecule has 2 aromatic carbocycles. The van der Waals surface area contributed by atoms with E-state index < -0.39 is 5.91 Å². The number of primary amides is 1. The molecule has 0 spiro atoms. The lowest BCUT2D eigenvalue weighted by Gasteiger charge is -2.09. The van der Waals surface area contributed by atoms with Gasteiger partial charge < -0.3 is 10.5 Å².